The molecule has 2 unspecified atom stereocenters. The van der Waals surface area contributed by atoms with E-state index in [1.807, 2.05) is 0 Å². The minimum Gasteiger partial charge on any atom is -0.497 e. The molecule has 1 amide bonds. The Morgan fingerprint density at radius 2 is 2.12 bits per heavy atom. The van der Waals surface area contributed by atoms with Crippen LogP contribution in [0.5, 0.6) is 5.75 Å². The first-order valence-corrected chi connectivity index (χ1v) is 5.24. The monoisotopic (exact) mass is 239 g/mol. The van der Waals surface area contributed by atoms with Gasteiger partial charge in [-0.05, 0) is 30.2 Å². The number of nitrogens with two attached hydrogens (primary N) is 1. The number of aliphatic hydroxyl groups is 2. The van der Waals surface area contributed by atoms with E-state index in [0.29, 0.717) is 11.3 Å². The average Bonchev–Trinajstić information content (AvgIpc) is 2.27. The van der Waals surface area contributed by atoms with E-state index in [1.165, 1.54) is 0 Å². The second-order valence-electron chi connectivity index (χ2n) is 3.91. The maximum Gasteiger partial charge on any atom is 0.220 e. The summed E-state index contributed by atoms with van der Waals surface area (Å²) in [5.41, 5.74) is 6.30. The van der Waals surface area contributed by atoms with Gasteiger partial charge in [-0.15, -0.1) is 0 Å². The molecule has 94 valence electrons. The van der Waals surface area contributed by atoms with Crippen molar-refractivity contribution >= 4 is 5.91 Å². The molecule has 0 aliphatic carbocycles. The molecule has 5 nitrogen and oxygen atoms in total. The smallest absolute Gasteiger partial charge is 0.220 e. The maximum atomic E-state index is 10.7. The first kappa shape index (κ1) is 13.5. The SMILES string of the molecule is COc1ccc(C(O)C(O)CC(N)=O)c(C)c1. The Balaban J connectivity index is 2.88. The molecule has 2 atom stereocenters. The molecule has 0 radical (unpaired) electrons. The fraction of sp³-hybridized carbons (Fsp3) is 0.417. The average molecular weight is 239 g/mol. The third-order valence-corrected chi connectivity index (χ3v) is 2.57. The minimum atomic E-state index is -1.19. The number of hydrogen-bond donors (Lipinski definition) is 3. The Labute approximate surface area is 99.8 Å². The summed E-state index contributed by atoms with van der Waals surface area (Å²) < 4.78 is 5.04. The Morgan fingerprint density at radius 3 is 2.59 bits per heavy atom. The molecule has 0 spiro atoms. The fourth-order valence-electron chi connectivity index (χ4n) is 1.63. The van der Waals surface area contributed by atoms with Crippen LogP contribution in [0, 0.1) is 6.92 Å². The lowest BCUT2D eigenvalue weighted by Crippen LogP contribution is -2.26. The van der Waals surface area contributed by atoms with E-state index >= 15 is 0 Å². The Kier molecular flexibility index (Phi) is 4.48. The van der Waals surface area contributed by atoms with Crippen LogP contribution in [0.25, 0.3) is 0 Å². The number of aliphatic hydroxyl groups excluding tert-OH is 2. The predicted octanol–water partition coefficient (Wildman–Crippen LogP) is 0.273. The maximum absolute atomic E-state index is 10.7. The van der Waals surface area contributed by atoms with Crippen LogP contribution in [0.1, 0.15) is 23.7 Å². The molecule has 0 bridgehead atoms. The van der Waals surface area contributed by atoms with Gasteiger partial charge in [-0.3, -0.25) is 4.79 Å². The molecule has 0 heterocycles. The molecule has 0 aliphatic heterocycles. The normalized spacial score (nSPS) is 14.1. The van der Waals surface area contributed by atoms with Crippen LogP contribution in [-0.4, -0.2) is 29.3 Å². The lowest BCUT2D eigenvalue weighted by Gasteiger charge is -2.19. The van der Waals surface area contributed by atoms with E-state index in [4.69, 9.17) is 10.5 Å². The third kappa shape index (κ3) is 3.44. The fourth-order valence-corrected chi connectivity index (χ4v) is 1.63. The molecule has 0 aromatic heterocycles. The highest BCUT2D eigenvalue weighted by Gasteiger charge is 2.21. The Bertz CT molecular complexity index is 405. The van der Waals surface area contributed by atoms with Crippen LogP contribution in [-0.2, 0) is 4.79 Å². The van der Waals surface area contributed by atoms with E-state index in [9.17, 15) is 15.0 Å². The van der Waals surface area contributed by atoms with Gasteiger partial charge in [-0.2, -0.15) is 0 Å². The molecular formula is C12H17NO4. The summed E-state index contributed by atoms with van der Waals surface area (Å²) in [6, 6.07) is 5.08. The first-order valence-electron chi connectivity index (χ1n) is 5.24. The number of amides is 1. The molecule has 4 N–H and O–H groups in total. The van der Waals surface area contributed by atoms with E-state index < -0.39 is 18.1 Å². The van der Waals surface area contributed by atoms with Crippen molar-refractivity contribution in [2.24, 2.45) is 5.73 Å². The summed E-state index contributed by atoms with van der Waals surface area (Å²) in [7, 11) is 1.55. The molecule has 0 saturated heterocycles. The molecule has 5 heteroatoms. The predicted molar refractivity (Wildman–Crippen MR) is 62.5 cm³/mol. The zero-order valence-corrected chi connectivity index (χ0v) is 9.88. The second kappa shape index (κ2) is 5.65. The number of benzene rings is 1. The van der Waals surface area contributed by atoms with Crippen LogP contribution in [0.4, 0.5) is 0 Å². The summed E-state index contributed by atoms with van der Waals surface area (Å²) >= 11 is 0. The zero-order chi connectivity index (χ0) is 13.0. The summed E-state index contributed by atoms with van der Waals surface area (Å²) in [5, 5.41) is 19.5. The largest absolute Gasteiger partial charge is 0.497 e. The zero-order valence-electron chi connectivity index (χ0n) is 9.88. The van der Waals surface area contributed by atoms with E-state index in [2.05, 4.69) is 0 Å². The van der Waals surface area contributed by atoms with E-state index in [-0.39, 0.29) is 6.42 Å². The third-order valence-electron chi connectivity index (χ3n) is 2.57. The highest BCUT2D eigenvalue weighted by molar-refractivity contribution is 5.74. The van der Waals surface area contributed by atoms with Crippen molar-refractivity contribution in [2.45, 2.75) is 25.6 Å². The van der Waals surface area contributed by atoms with Gasteiger partial charge in [-0.1, -0.05) is 6.07 Å². The number of aryl methyl sites for hydroxylation is 1. The lowest BCUT2D eigenvalue weighted by atomic mass is 9.97. The molecule has 0 aliphatic rings. The Hall–Kier alpha value is -1.59. The van der Waals surface area contributed by atoms with Gasteiger partial charge >= 0.3 is 0 Å². The van der Waals surface area contributed by atoms with Gasteiger partial charge < -0.3 is 20.7 Å². The van der Waals surface area contributed by atoms with Crippen molar-refractivity contribution in [1.29, 1.82) is 0 Å². The van der Waals surface area contributed by atoms with Crippen molar-refractivity contribution < 1.29 is 19.7 Å². The van der Waals surface area contributed by atoms with Crippen LogP contribution in [0.15, 0.2) is 18.2 Å². The number of carbonyl (C=O) groups is 1. The minimum absolute atomic E-state index is 0.271. The number of carbonyl (C=O) groups excluding carboxylic acids is 1. The number of ether oxygens (including phenoxy) is 1. The molecule has 1 rings (SSSR count). The van der Waals surface area contributed by atoms with E-state index in [1.54, 1.807) is 32.2 Å². The van der Waals surface area contributed by atoms with Gasteiger partial charge in [0.1, 0.15) is 11.9 Å². The van der Waals surface area contributed by atoms with Crippen LogP contribution < -0.4 is 10.5 Å². The van der Waals surface area contributed by atoms with Crippen molar-refractivity contribution in [3.05, 3.63) is 29.3 Å². The number of rotatable bonds is 5. The van der Waals surface area contributed by atoms with Gasteiger partial charge in [0, 0.05) is 0 Å². The summed E-state index contributed by atoms with van der Waals surface area (Å²) in [5.74, 6) is 0.0190. The van der Waals surface area contributed by atoms with Gasteiger partial charge in [-0.25, -0.2) is 0 Å². The van der Waals surface area contributed by atoms with Crippen molar-refractivity contribution in [3.8, 4) is 5.75 Å². The Morgan fingerprint density at radius 1 is 1.47 bits per heavy atom. The van der Waals surface area contributed by atoms with Gasteiger partial charge in [0.25, 0.3) is 0 Å². The number of primary amides is 1. The topological polar surface area (TPSA) is 92.8 Å². The molecule has 0 saturated carbocycles. The van der Waals surface area contributed by atoms with Crippen molar-refractivity contribution in [2.75, 3.05) is 7.11 Å². The molecule has 17 heavy (non-hydrogen) atoms. The van der Waals surface area contributed by atoms with Crippen molar-refractivity contribution in [1.82, 2.24) is 0 Å². The van der Waals surface area contributed by atoms with Crippen LogP contribution in [0.2, 0.25) is 0 Å². The van der Waals surface area contributed by atoms with E-state index in [0.717, 1.165) is 5.56 Å². The van der Waals surface area contributed by atoms with Gasteiger partial charge in [0.15, 0.2) is 0 Å². The van der Waals surface area contributed by atoms with Gasteiger partial charge in [0.2, 0.25) is 5.91 Å². The highest BCUT2D eigenvalue weighted by Crippen LogP contribution is 2.25. The highest BCUT2D eigenvalue weighted by atomic mass is 16.5. The van der Waals surface area contributed by atoms with Crippen LogP contribution >= 0.6 is 0 Å². The van der Waals surface area contributed by atoms with Crippen LogP contribution in [0.3, 0.4) is 0 Å². The molecule has 1 aromatic carbocycles. The molecule has 1 aromatic rings. The number of methoxy groups -OCH3 is 1. The van der Waals surface area contributed by atoms with Gasteiger partial charge in [0.05, 0.1) is 19.6 Å². The second-order valence-corrected chi connectivity index (χ2v) is 3.91. The summed E-state index contributed by atoms with van der Waals surface area (Å²) in [4.78, 5) is 10.7. The standard InChI is InChI=1S/C12H17NO4/c1-7-5-8(17-2)3-4-9(7)12(16)10(14)6-11(13)15/h3-5,10,12,14,16H,6H2,1-2H3,(H2,13,15). The van der Waals surface area contributed by atoms with Crippen molar-refractivity contribution in [3.63, 3.8) is 0 Å². The summed E-state index contributed by atoms with van der Waals surface area (Å²) in [6.45, 7) is 1.79. The quantitative estimate of drug-likeness (QED) is 0.687. The molecular weight excluding hydrogens is 222 g/mol. The molecule has 0 fully saturated rings. The number of hydrogen-bond acceptors (Lipinski definition) is 4. The first-order chi connectivity index (χ1) is 7.95. The summed E-state index contributed by atoms with van der Waals surface area (Å²) in [6.07, 6.45) is -2.60. The lowest BCUT2D eigenvalue weighted by molar-refractivity contribution is -0.121.